The van der Waals surface area contributed by atoms with E-state index in [0.717, 1.165) is 10.5 Å². The van der Waals surface area contributed by atoms with Gasteiger partial charge in [-0.3, -0.25) is 5.10 Å². The van der Waals surface area contributed by atoms with E-state index in [1.54, 1.807) is 30.3 Å². The molecule has 0 atom stereocenters. The van der Waals surface area contributed by atoms with Gasteiger partial charge in [-0.15, -0.1) is 0 Å². The van der Waals surface area contributed by atoms with E-state index in [-0.39, 0.29) is 12.0 Å². The van der Waals surface area contributed by atoms with Crippen LogP contribution >= 0.6 is 15.9 Å². The number of ether oxygens (including phenoxy) is 1. The predicted molar refractivity (Wildman–Crippen MR) is 99.1 cm³/mol. The highest BCUT2D eigenvalue weighted by Crippen LogP contribution is 2.34. The molecule has 0 amide bonds. The van der Waals surface area contributed by atoms with Gasteiger partial charge in [0.2, 0.25) is 0 Å². The van der Waals surface area contributed by atoms with Crippen molar-refractivity contribution in [3.8, 4) is 17.0 Å². The predicted octanol–water partition coefficient (Wildman–Crippen LogP) is 4.91. The van der Waals surface area contributed by atoms with Crippen LogP contribution in [-0.2, 0) is 17.4 Å². The molecule has 0 bridgehead atoms. The lowest BCUT2D eigenvalue weighted by molar-refractivity contribution is -0.139. The summed E-state index contributed by atoms with van der Waals surface area (Å²) in [5.74, 6) is -0.820. The number of halogens is 4. The third-order valence-corrected chi connectivity index (χ3v) is 4.40. The van der Waals surface area contributed by atoms with Gasteiger partial charge in [0.15, 0.2) is 6.61 Å². The van der Waals surface area contributed by atoms with Gasteiger partial charge in [-0.2, -0.15) is 18.3 Å². The molecule has 0 spiro atoms. The highest BCUT2D eigenvalue weighted by atomic mass is 79.9. The van der Waals surface area contributed by atoms with Crippen LogP contribution in [-0.4, -0.2) is 27.9 Å². The second kappa shape index (κ2) is 8.05. The molecule has 1 heterocycles. The van der Waals surface area contributed by atoms with Crippen molar-refractivity contribution in [2.24, 2.45) is 0 Å². The normalized spacial score (nSPS) is 11.4. The average molecular weight is 455 g/mol. The molecule has 28 heavy (non-hydrogen) atoms. The Morgan fingerprint density at radius 3 is 2.64 bits per heavy atom. The Bertz CT molecular complexity index is 1000. The number of carbonyl (C=O) groups is 1. The second-order valence-electron chi connectivity index (χ2n) is 5.93. The quantitative estimate of drug-likeness (QED) is 0.554. The van der Waals surface area contributed by atoms with Gasteiger partial charge < -0.3 is 9.84 Å². The highest BCUT2D eigenvalue weighted by molar-refractivity contribution is 9.10. The fourth-order valence-electron chi connectivity index (χ4n) is 2.71. The van der Waals surface area contributed by atoms with Crippen LogP contribution < -0.4 is 4.74 Å². The van der Waals surface area contributed by atoms with Crippen LogP contribution in [0.1, 0.15) is 16.8 Å². The van der Waals surface area contributed by atoms with Crippen molar-refractivity contribution >= 4 is 21.9 Å². The first-order valence-corrected chi connectivity index (χ1v) is 8.87. The number of carboxylic acids is 1. The summed E-state index contributed by atoms with van der Waals surface area (Å²) in [6, 6.07) is 11.9. The standard InChI is InChI=1S/C19H14BrF3N2O3/c20-12-5-6-17(28-10-18(26)27)14(8-12)16-9-13(24-25-16)7-11-3-1-2-4-15(11)19(21,22)23/h1-6,8-9H,7,10H2,(H,24,25)(H,26,27). The van der Waals surface area contributed by atoms with Crippen LogP contribution in [0.25, 0.3) is 11.3 Å². The molecular formula is C19H14BrF3N2O3. The molecule has 2 aromatic carbocycles. The van der Waals surface area contributed by atoms with Crippen molar-refractivity contribution < 1.29 is 27.8 Å². The zero-order valence-electron chi connectivity index (χ0n) is 14.3. The number of aliphatic carboxylic acids is 1. The van der Waals surface area contributed by atoms with Crippen molar-refractivity contribution in [3.05, 3.63) is 69.8 Å². The molecule has 3 rings (SSSR count). The topological polar surface area (TPSA) is 75.2 Å². The van der Waals surface area contributed by atoms with Gasteiger partial charge in [-0.05, 0) is 35.9 Å². The van der Waals surface area contributed by atoms with Crippen LogP contribution in [0.5, 0.6) is 5.75 Å². The molecule has 0 saturated heterocycles. The van der Waals surface area contributed by atoms with E-state index >= 15 is 0 Å². The molecule has 0 fully saturated rings. The van der Waals surface area contributed by atoms with E-state index in [4.69, 9.17) is 9.84 Å². The summed E-state index contributed by atoms with van der Waals surface area (Å²) in [7, 11) is 0. The Labute approximate surface area is 166 Å². The molecule has 146 valence electrons. The number of hydrogen-bond donors (Lipinski definition) is 2. The molecule has 2 N–H and O–H groups in total. The summed E-state index contributed by atoms with van der Waals surface area (Å²) < 4.78 is 45.5. The molecule has 0 aliphatic carbocycles. The summed E-state index contributed by atoms with van der Waals surface area (Å²) in [4.78, 5) is 10.8. The summed E-state index contributed by atoms with van der Waals surface area (Å²) >= 11 is 3.33. The van der Waals surface area contributed by atoms with Crippen molar-refractivity contribution in [1.29, 1.82) is 0 Å². The minimum absolute atomic E-state index is 0.0159. The molecule has 0 aliphatic heterocycles. The molecule has 0 radical (unpaired) electrons. The number of nitrogens with one attached hydrogen (secondary N) is 1. The minimum atomic E-state index is -4.44. The van der Waals surface area contributed by atoms with E-state index in [0.29, 0.717) is 22.7 Å². The van der Waals surface area contributed by atoms with E-state index in [2.05, 4.69) is 26.1 Å². The Morgan fingerprint density at radius 1 is 1.18 bits per heavy atom. The lowest BCUT2D eigenvalue weighted by Crippen LogP contribution is -2.10. The summed E-state index contributed by atoms with van der Waals surface area (Å²) in [5, 5.41) is 15.7. The van der Waals surface area contributed by atoms with E-state index in [9.17, 15) is 18.0 Å². The number of aromatic amines is 1. The number of carboxylic acid groups (broad SMARTS) is 1. The van der Waals surface area contributed by atoms with Crippen LogP contribution in [0.3, 0.4) is 0 Å². The van der Waals surface area contributed by atoms with Gasteiger partial charge >= 0.3 is 12.1 Å². The molecular weight excluding hydrogens is 441 g/mol. The average Bonchev–Trinajstić information content (AvgIpc) is 3.08. The molecule has 0 unspecified atom stereocenters. The Balaban J connectivity index is 1.90. The molecule has 3 aromatic rings. The van der Waals surface area contributed by atoms with Crippen LogP contribution in [0.2, 0.25) is 0 Å². The van der Waals surface area contributed by atoms with E-state index < -0.39 is 24.3 Å². The maximum atomic E-state index is 13.2. The zero-order chi connectivity index (χ0) is 20.3. The SMILES string of the molecule is O=C(O)COc1ccc(Br)cc1-c1cc(Cc2ccccc2C(F)(F)F)[nH]n1. The van der Waals surface area contributed by atoms with Crippen LogP contribution in [0.4, 0.5) is 13.2 Å². The Hall–Kier alpha value is -2.81. The molecule has 0 aliphatic rings. The fraction of sp³-hybridized carbons (Fsp3) is 0.158. The van der Waals surface area contributed by atoms with Gasteiger partial charge in [0.05, 0.1) is 11.3 Å². The van der Waals surface area contributed by atoms with Crippen molar-refractivity contribution in [2.75, 3.05) is 6.61 Å². The van der Waals surface area contributed by atoms with E-state index in [1.165, 1.54) is 12.1 Å². The first-order chi connectivity index (χ1) is 13.2. The van der Waals surface area contributed by atoms with Gasteiger partial charge in [-0.25, -0.2) is 4.79 Å². The molecule has 5 nitrogen and oxygen atoms in total. The minimum Gasteiger partial charge on any atom is -0.481 e. The number of rotatable bonds is 6. The lowest BCUT2D eigenvalue weighted by atomic mass is 10.0. The van der Waals surface area contributed by atoms with Gasteiger partial charge in [0, 0.05) is 22.2 Å². The number of nitrogens with zero attached hydrogens (tertiary/aromatic N) is 1. The van der Waals surface area contributed by atoms with Crippen molar-refractivity contribution in [1.82, 2.24) is 10.2 Å². The van der Waals surface area contributed by atoms with Crippen LogP contribution in [0.15, 0.2) is 53.0 Å². The summed E-state index contributed by atoms with van der Waals surface area (Å²) in [6.07, 6.45) is -4.43. The number of benzene rings is 2. The van der Waals surface area contributed by atoms with Crippen molar-refractivity contribution in [2.45, 2.75) is 12.6 Å². The molecule has 0 saturated carbocycles. The number of aromatic nitrogens is 2. The smallest absolute Gasteiger partial charge is 0.416 e. The first kappa shape index (κ1) is 19.9. The monoisotopic (exact) mass is 454 g/mol. The van der Waals surface area contributed by atoms with Crippen LogP contribution in [0, 0.1) is 0 Å². The lowest BCUT2D eigenvalue weighted by Gasteiger charge is -2.11. The molecule has 1 aromatic heterocycles. The summed E-state index contributed by atoms with van der Waals surface area (Å²) in [6.45, 7) is -0.523. The number of H-pyrrole nitrogens is 1. The second-order valence-corrected chi connectivity index (χ2v) is 6.85. The zero-order valence-corrected chi connectivity index (χ0v) is 15.8. The number of alkyl halides is 3. The fourth-order valence-corrected chi connectivity index (χ4v) is 3.08. The van der Waals surface area contributed by atoms with Gasteiger partial charge in [0.25, 0.3) is 0 Å². The molecule has 9 heteroatoms. The maximum absolute atomic E-state index is 13.2. The van der Waals surface area contributed by atoms with E-state index in [1.807, 2.05) is 0 Å². The number of hydrogen-bond acceptors (Lipinski definition) is 3. The first-order valence-electron chi connectivity index (χ1n) is 8.08. The Morgan fingerprint density at radius 2 is 1.93 bits per heavy atom. The van der Waals surface area contributed by atoms with Crippen molar-refractivity contribution in [3.63, 3.8) is 0 Å². The van der Waals surface area contributed by atoms with Gasteiger partial charge in [-0.1, -0.05) is 34.1 Å². The largest absolute Gasteiger partial charge is 0.481 e. The maximum Gasteiger partial charge on any atom is 0.416 e. The summed E-state index contributed by atoms with van der Waals surface area (Å²) in [5.41, 5.74) is 0.861. The third-order valence-electron chi connectivity index (χ3n) is 3.90. The third kappa shape index (κ3) is 4.72. The van der Waals surface area contributed by atoms with Gasteiger partial charge in [0.1, 0.15) is 5.75 Å². The highest BCUT2D eigenvalue weighted by Gasteiger charge is 2.32. The Kier molecular flexibility index (Phi) is 5.73.